The number of hydrogen-bond donors (Lipinski definition) is 0. The number of ether oxygens (including phenoxy) is 1. The molecule has 0 aliphatic carbocycles. The van der Waals surface area contributed by atoms with E-state index in [9.17, 15) is 0 Å². The highest BCUT2D eigenvalue weighted by Crippen LogP contribution is 2.26. The number of methoxy groups -OCH3 is 1. The average molecular weight is 233 g/mol. The molecule has 84 valence electrons. The van der Waals surface area contributed by atoms with Crippen molar-refractivity contribution in [2.75, 3.05) is 13.7 Å². The molecule has 2 nitrogen and oxygen atoms in total. The summed E-state index contributed by atoms with van der Waals surface area (Å²) in [6, 6.07) is 10.3. The lowest BCUT2D eigenvalue weighted by molar-refractivity contribution is 0.184. The van der Waals surface area contributed by atoms with Gasteiger partial charge in [0.25, 0.3) is 0 Å². The van der Waals surface area contributed by atoms with Crippen LogP contribution in [0.25, 0.3) is 11.3 Å². The van der Waals surface area contributed by atoms with E-state index in [1.54, 1.807) is 18.4 Å². The van der Waals surface area contributed by atoms with Crippen molar-refractivity contribution in [2.45, 2.75) is 12.8 Å². The van der Waals surface area contributed by atoms with Crippen LogP contribution < -0.4 is 0 Å². The molecule has 1 unspecified atom stereocenters. The Morgan fingerprint density at radius 3 is 2.75 bits per heavy atom. The minimum absolute atomic E-state index is 0.368. The van der Waals surface area contributed by atoms with Crippen LogP contribution in [0, 0.1) is 0 Å². The van der Waals surface area contributed by atoms with Gasteiger partial charge in [-0.3, -0.25) is 0 Å². The lowest BCUT2D eigenvalue weighted by atomic mass is 10.2. The summed E-state index contributed by atoms with van der Waals surface area (Å²) in [5, 5.41) is 3.25. The van der Waals surface area contributed by atoms with Crippen LogP contribution in [0.3, 0.4) is 0 Å². The molecule has 0 N–H and O–H groups in total. The fourth-order valence-electron chi connectivity index (χ4n) is 1.58. The van der Waals surface area contributed by atoms with Gasteiger partial charge < -0.3 is 4.74 Å². The number of nitrogens with zero attached hydrogens (tertiary/aromatic N) is 1. The first-order valence-corrected chi connectivity index (χ1v) is 6.19. The van der Waals surface area contributed by atoms with Crippen LogP contribution in [-0.2, 0) is 4.74 Å². The molecule has 0 fully saturated rings. The fourth-order valence-corrected chi connectivity index (χ4v) is 2.45. The molecular formula is C13H15NOS. The number of rotatable bonds is 4. The lowest BCUT2D eigenvalue weighted by Gasteiger charge is -2.05. The summed E-state index contributed by atoms with van der Waals surface area (Å²) in [6.45, 7) is 2.86. The van der Waals surface area contributed by atoms with E-state index in [0.717, 1.165) is 17.3 Å². The normalized spacial score (nSPS) is 12.6. The van der Waals surface area contributed by atoms with E-state index in [2.05, 4.69) is 29.4 Å². The Morgan fingerprint density at radius 2 is 2.06 bits per heavy atom. The summed E-state index contributed by atoms with van der Waals surface area (Å²) in [6.07, 6.45) is 0. The largest absolute Gasteiger partial charge is 0.384 e. The van der Waals surface area contributed by atoms with Crippen LogP contribution in [0.15, 0.2) is 35.7 Å². The molecular weight excluding hydrogens is 218 g/mol. The molecule has 2 rings (SSSR count). The number of aromatic nitrogens is 1. The zero-order valence-electron chi connectivity index (χ0n) is 9.51. The maximum absolute atomic E-state index is 5.14. The zero-order valence-corrected chi connectivity index (χ0v) is 10.3. The van der Waals surface area contributed by atoms with Crippen molar-refractivity contribution in [2.24, 2.45) is 0 Å². The molecule has 0 bridgehead atoms. The minimum atomic E-state index is 0.368. The van der Waals surface area contributed by atoms with Gasteiger partial charge in [-0.2, -0.15) is 0 Å². The molecule has 2 aromatic rings. The van der Waals surface area contributed by atoms with Crippen LogP contribution in [0.5, 0.6) is 0 Å². The van der Waals surface area contributed by atoms with Crippen molar-refractivity contribution in [1.29, 1.82) is 0 Å². The Morgan fingerprint density at radius 1 is 1.31 bits per heavy atom. The smallest absolute Gasteiger partial charge is 0.0983 e. The molecule has 0 aliphatic rings. The zero-order chi connectivity index (χ0) is 11.4. The van der Waals surface area contributed by atoms with Gasteiger partial charge in [-0.1, -0.05) is 37.3 Å². The highest BCUT2D eigenvalue weighted by atomic mass is 32.1. The Kier molecular flexibility index (Phi) is 3.70. The molecule has 0 saturated heterocycles. The number of thiazole rings is 1. The summed E-state index contributed by atoms with van der Waals surface area (Å²) in [7, 11) is 1.72. The van der Waals surface area contributed by atoms with E-state index in [-0.39, 0.29) is 0 Å². The molecule has 0 amide bonds. The Hall–Kier alpha value is -1.19. The van der Waals surface area contributed by atoms with Crippen LogP contribution >= 0.6 is 11.3 Å². The second kappa shape index (κ2) is 5.23. The van der Waals surface area contributed by atoms with Gasteiger partial charge in [0.2, 0.25) is 0 Å². The third-order valence-electron chi connectivity index (χ3n) is 2.43. The first-order chi connectivity index (χ1) is 7.81. The van der Waals surface area contributed by atoms with Gasteiger partial charge in [0.15, 0.2) is 0 Å². The fraction of sp³-hybridized carbons (Fsp3) is 0.308. The van der Waals surface area contributed by atoms with Crippen molar-refractivity contribution in [3.05, 3.63) is 40.7 Å². The minimum Gasteiger partial charge on any atom is -0.384 e. The summed E-state index contributed by atoms with van der Waals surface area (Å²) in [5.41, 5.74) is 2.23. The molecule has 3 heteroatoms. The Balaban J connectivity index is 2.20. The first-order valence-electron chi connectivity index (χ1n) is 5.31. The number of hydrogen-bond acceptors (Lipinski definition) is 3. The monoisotopic (exact) mass is 233 g/mol. The third-order valence-corrected chi connectivity index (χ3v) is 3.51. The van der Waals surface area contributed by atoms with Crippen molar-refractivity contribution >= 4 is 11.3 Å². The van der Waals surface area contributed by atoms with Crippen LogP contribution in [0.1, 0.15) is 17.8 Å². The maximum Gasteiger partial charge on any atom is 0.0983 e. The SMILES string of the molecule is COCC(C)c1nc(-c2ccccc2)cs1. The average Bonchev–Trinajstić information content (AvgIpc) is 2.80. The topological polar surface area (TPSA) is 22.1 Å². The first kappa shape index (κ1) is 11.3. The van der Waals surface area contributed by atoms with E-state index in [1.807, 2.05) is 18.2 Å². The molecule has 1 aromatic heterocycles. The molecule has 1 atom stereocenters. The molecule has 0 aliphatic heterocycles. The highest BCUT2D eigenvalue weighted by molar-refractivity contribution is 7.10. The van der Waals surface area contributed by atoms with Gasteiger partial charge >= 0.3 is 0 Å². The second-order valence-corrected chi connectivity index (χ2v) is 4.68. The van der Waals surface area contributed by atoms with Gasteiger partial charge in [0.1, 0.15) is 0 Å². The Labute approximate surface area is 99.9 Å². The lowest BCUT2D eigenvalue weighted by Crippen LogP contribution is -2.00. The van der Waals surface area contributed by atoms with Crippen LogP contribution in [0.2, 0.25) is 0 Å². The van der Waals surface area contributed by atoms with E-state index in [1.165, 1.54) is 5.56 Å². The summed E-state index contributed by atoms with van der Waals surface area (Å²) in [4.78, 5) is 4.64. The van der Waals surface area contributed by atoms with Crippen molar-refractivity contribution in [1.82, 2.24) is 4.98 Å². The molecule has 1 heterocycles. The highest BCUT2D eigenvalue weighted by Gasteiger charge is 2.10. The third kappa shape index (κ3) is 2.49. The quantitative estimate of drug-likeness (QED) is 0.805. The van der Waals surface area contributed by atoms with Crippen LogP contribution in [0.4, 0.5) is 0 Å². The summed E-state index contributed by atoms with van der Waals surface area (Å²) >= 11 is 1.70. The molecule has 16 heavy (non-hydrogen) atoms. The molecule has 0 radical (unpaired) electrons. The maximum atomic E-state index is 5.14. The van der Waals surface area contributed by atoms with Crippen molar-refractivity contribution < 1.29 is 4.74 Å². The summed E-state index contributed by atoms with van der Waals surface area (Å²) < 4.78 is 5.14. The second-order valence-electron chi connectivity index (χ2n) is 3.79. The van der Waals surface area contributed by atoms with Gasteiger partial charge in [-0.25, -0.2) is 4.98 Å². The molecule has 1 aromatic carbocycles. The standard InChI is InChI=1S/C13H15NOS/c1-10(8-15-2)13-14-12(9-16-13)11-6-4-3-5-7-11/h3-7,9-10H,8H2,1-2H3. The van der Waals surface area contributed by atoms with Crippen molar-refractivity contribution in [3.63, 3.8) is 0 Å². The van der Waals surface area contributed by atoms with E-state index < -0.39 is 0 Å². The van der Waals surface area contributed by atoms with Crippen LogP contribution in [-0.4, -0.2) is 18.7 Å². The molecule has 0 saturated carbocycles. The molecule has 0 spiro atoms. The van der Waals surface area contributed by atoms with Gasteiger partial charge in [-0.15, -0.1) is 11.3 Å². The number of benzene rings is 1. The van der Waals surface area contributed by atoms with Gasteiger partial charge in [0, 0.05) is 24.0 Å². The van der Waals surface area contributed by atoms with Gasteiger partial charge in [-0.05, 0) is 0 Å². The predicted molar refractivity (Wildman–Crippen MR) is 67.8 cm³/mol. The van der Waals surface area contributed by atoms with Gasteiger partial charge in [0.05, 0.1) is 17.3 Å². The Bertz CT molecular complexity index is 438. The van der Waals surface area contributed by atoms with E-state index in [0.29, 0.717) is 5.92 Å². The van der Waals surface area contributed by atoms with Crippen molar-refractivity contribution in [3.8, 4) is 11.3 Å². The van der Waals surface area contributed by atoms with E-state index in [4.69, 9.17) is 4.74 Å². The summed E-state index contributed by atoms with van der Waals surface area (Å²) in [5.74, 6) is 0.368. The predicted octanol–water partition coefficient (Wildman–Crippen LogP) is 3.56. The van der Waals surface area contributed by atoms with E-state index >= 15 is 0 Å².